The maximum Gasteiger partial charge on any atom is 0.246 e. The van der Waals surface area contributed by atoms with Gasteiger partial charge < -0.3 is 15.4 Å². The molecular formula is C10H20N2O4S. The van der Waals surface area contributed by atoms with Gasteiger partial charge in [0.15, 0.2) is 0 Å². The summed E-state index contributed by atoms with van der Waals surface area (Å²) in [5.41, 5.74) is 0. The normalized spacial score (nSPS) is 17.9. The van der Waals surface area contributed by atoms with Gasteiger partial charge in [-0.15, -0.1) is 0 Å². The van der Waals surface area contributed by atoms with Crippen molar-refractivity contribution in [1.29, 1.82) is 0 Å². The summed E-state index contributed by atoms with van der Waals surface area (Å²) in [4.78, 5) is 11.3. The lowest BCUT2D eigenvalue weighted by Gasteiger charge is -2.22. The summed E-state index contributed by atoms with van der Waals surface area (Å²) < 4.78 is 27.1. The molecule has 0 spiro atoms. The number of nitrogens with one attached hydrogen (secondary N) is 2. The second-order valence-electron chi connectivity index (χ2n) is 4.24. The number of carbonyl (C=O) groups excluding carboxylic acids is 1. The van der Waals surface area contributed by atoms with E-state index in [0.29, 0.717) is 0 Å². The average Bonchev–Trinajstić information content (AvgIpc) is 2.26. The fourth-order valence-corrected chi connectivity index (χ4v) is 2.06. The molecule has 0 saturated carbocycles. The minimum absolute atomic E-state index is 0.00836. The first-order chi connectivity index (χ1) is 7.97. The van der Waals surface area contributed by atoms with Crippen molar-refractivity contribution < 1.29 is 17.9 Å². The van der Waals surface area contributed by atoms with E-state index in [1.165, 1.54) is 0 Å². The molecule has 0 unspecified atom stereocenters. The number of hydrogen-bond donors (Lipinski definition) is 2. The van der Waals surface area contributed by atoms with Crippen LogP contribution in [0, 0.1) is 0 Å². The molecule has 0 aromatic carbocycles. The first-order valence-corrected chi connectivity index (χ1v) is 7.80. The SMILES string of the molecule is CS(=O)(=O)CCNC(=O)COC1CCNCC1. The van der Waals surface area contributed by atoms with E-state index in [1.54, 1.807) is 0 Å². The van der Waals surface area contributed by atoms with Gasteiger partial charge in [-0.05, 0) is 25.9 Å². The first kappa shape index (κ1) is 14.4. The van der Waals surface area contributed by atoms with Crippen molar-refractivity contribution in [1.82, 2.24) is 10.6 Å². The van der Waals surface area contributed by atoms with Crippen LogP contribution in [0.2, 0.25) is 0 Å². The van der Waals surface area contributed by atoms with Gasteiger partial charge in [0.1, 0.15) is 16.4 Å². The summed E-state index contributed by atoms with van der Waals surface area (Å²) in [6.45, 7) is 1.99. The summed E-state index contributed by atoms with van der Waals surface area (Å²) in [5.74, 6) is -0.293. The summed E-state index contributed by atoms with van der Waals surface area (Å²) in [6.07, 6.45) is 3.11. The zero-order chi connectivity index (χ0) is 12.7. The first-order valence-electron chi connectivity index (χ1n) is 5.74. The number of piperidine rings is 1. The van der Waals surface area contributed by atoms with Crippen molar-refractivity contribution in [2.45, 2.75) is 18.9 Å². The summed E-state index contributed by atoms with van der Waals surface area (Å²) in [5, 5.41) is 5.73. The van der Waals surface area contributed by atoms with Crippen molar-refractivity contribution in [3.05, 3.63) is 0 Å². The molecule has 1 amide bonds. The van der Waals surface area contributed by atoms with E-state index >= 15 is 0 Å². The Morgan fingerprint density at radius 1 is 1.41 bits per heavy atom. The average molecular weight is 264 g/mol. The molecule has 0 bridgehead atoms. The number of hydrogen-bond acceptors (Lipinski definition) is 5. The van der Waals surface area contributed by atoms with E-state index in [0.717, 1.165) is 32.2 Å². The monoisotopic (exact) mass is 264 g/mol. The molecule has 0 atom stereocenters. The second-order valence-corrected chi connectivity index (χ2v) is 6.50. The van der Waals surface area contributed by atoms with Gasteiger partial charge in [-0.3, -0.25) is 4.79 Å². The van der Waals surface area contributed by atoms with Crippen LogP contribution in [0.15, 0.2) is 0 Å². The van der Waals surface area contributed by atoms with Crippen LogP contribution in [0.5, 0.6) is 0 Å². The molecule has 1 heterocycles. The highest BCUT2D eigenvalue weighted by Crippen LogP contribution is 2.06. The lowest BCUT2D eigenvalue weighted by Crippen LogP contribution is -2.36. The van der Waals surface area contributed by atoms with Crippen LogP contribution in [0.25, 0.3) is 0 Å². The lowest BCUT2D eigenvalue weighted by molar-refractivity contribution is -0.128. The minimum Gasteiger partial charge on any atom is -0.368 e. The highest BCUT2D eigenvalue weighted by atomic mass is 32.2. The van der Waals surface area contributed by atoms with E-state index < -0.39 is 9.84 Å². The van der Waals surface area contributed by atoms with E-state index in [2.05, 4.69) is 10.6 Å². The topological polar surface area (TPSA) is 84.5 Å². The molecule has 2 N–H and O–H groups in total. The third-order valence-corrected chi connectivity index (χ3v) is 3.48. The lowest BCUT2D eigenvalue weighted by atomic mass is 10.1. The molecule has 100 valence electrons. The number of rotatable bonds is 6. The maximum absolute atomic E-state index is 11.3. The summed E-state index contributed by atoms with van der Waals surface area (Å²) in [7, 11) is -3.02. The Hall–Kier alpha value is -0.660. The van der Waals surface area contributed by atoms with Crippen molar-refractivity contribution >= 4 is 15.7 Å². The molecule has 7 heteroatoms. The zero-order valence-corrected chi connectivity index (χ0v) is 10.9. The van der Waals surface area contributed by atoms with Crippen LogP contribution in [-0.2, 0) is 19.4 Å². The standard InChI is InChI=1S/C10H20N2O4S/c1-17(14,15)7-6-12-10(13)8-16-9-2-4-11-5-3-9/h9,11H,2-8H2,1H3,(H,12,13). The van der Waals surface area contributed by atoms with Gasteiger partial charge in [0.25, 0.3) is 0 Å². The largest absolute Gasteiger partial charge is 0.368 e. The minimum atomic E-state index is -3.02. The summed E-state index contributed by atoms with van der Waals surface area (Å²) in [6, 6.07) is 0. The molecule has 1 saturated heterocycles. The van der Waals surface area contributed by atoms with Gasteiger partial charge in [-0.2, -0.15) is 0 Å². The van der Waals surface area contributed by atoms with Crippen LogP contribution in [0.1, 0.15) is 12.8 Å². The smallest absolute Gasteiger partial charge is 0.246 e. The van der Waals surface area contributed by atoms with E-state index in [4.69, 9.17) is 4.74 Å². The molecule has 17 heavy (non-hydrogen) atoms. The van der Waals surface area contributed by atoms with Gasteiger partial charge in [-0.1, -0.05) is 0 Å². The molecule has 1 aliphatic heterocycles. The van der Waals surface area contributed by atoms with Crippen LogP contribution in [-0.4, -0.2) is 58.7 Å². The van der Waals surface area contributed by atoms with E-state index in [1.807, 2.05) is 0 Å². The van der Waals surface area contributed by atoms with Crippen molar-refractivity contribution in [3.63, 3.8) is 0 Å². The third kappa shape index (κ3) is 7.30. The Morgan fingerprint density at radius 2 is 2.06 bits per heavy atom. The number of carbonyl (C=O) groups is 1. The van der Waals surface area contributed by atoms with Crippen LogP contribution < -0.4 is 10.6 Å². The molecule has 1 fully saturated rings. The predicted octanol–water partition coefficient (Wildman–Crippen LogP) is -1.08. The fourth-order valence-electron chi connectivity index (χ4n) is 1.58. The molecule has 0 aromatic rings. The molecule has 0 aliphatic carbocycles. The third-order valence-electron chi connectivity index (χ3n) is 2.53. The fraction of sp³-hybridized carbons (Fsp3) is 0.900. The highest BCUT2D eigenvalue weighted by molar-refractivity contribution is 7.90. The Kier molecular flexibility index (Phi) is 5.87. The van der Waals surface area contributed by atoms with Gasteiger partial charge in [0.05, 0.1) is 11.9 Å². The highest BCUT2D eigenvalue weighted by Gasteiger charge is 2.14. The van der Waals surface area contributed by atoms with Gasteiger partial charge >= 0.3 is 0 Å². The van der Waals surface area contributed by atoms with Gasteiger partial charge in [0.2, 0.25) is 5.91 Å². The summed E-state index contributed by atoms with van der Waals surface area (Å²) >= 11 is 0. The quantitative estimate of drug-likeness (QED) is 0.637. The molecule has 0 aromatic heterocycles. The zero-order valence-electron chi connectivity index (χ0n) is 10.1. The molecule has 1 rings (SSSR count). The number of amides is 1. The molecular weight excluding hydrogens is 244 g/mol. The predicted molar refractivity (Wildman–Crippen MR) is 64.6 cm³/mol. The Morgan fingerprint density at radius 3 is 2.65 bits per heavy atom. The second kappa shape index (κ2) is 6.93. The van der Waals surface area contributed by atoms with Crippen LogP contribution in [0.3, 0.4) is 0 Å². The van der Waals surface area contributed by atoms with Crippen molar-refractivity contribution in [2.75, 3.05) is 38.2 Å². The Labute approximate surface area is 102 Å². The number of ether oxygens (including phenoxy) is 1. The van der Waals surface area contributed by atoms with E-state index in [9.17, 15) is 13.2 Å². The molecule has 0 radical (unpaired) electrons. The van der Waals surface area contributed by atoms with Gasteiger partial charge in [0, 0.05) is 12.8 Å². The molecule has 6 nitrogen and oxygen atoms in total. The van der Waals surface area contributed by atoms with E-state index in [-0.39, 0.29) is 30.9 Å². The van der Waals surface area contributed by atoms with Crippen LogP contribution in [0.4, 0.5) is 0 Å². The Bertz CT molecular complexity index is 336. The molecule has 1 aliphatic rings. The maximum atomic E-state index is 11.3. The van der Waals surface area contributed by atoms with Crippen molar-refractivity contribution in [2.24, 2.45) is 0 Å². The number of sulfone groups is 1. The van der Waals surface area contributed by atoms with Crippen LogP contribution >= 0.6 is 0 Å². The Balaban J connectivity index is 2.08. The van der Waals surface area contributed by atoms with Crippen molar-refractivity contribution in [3.8, 4) is 0 Å². The van der Waals surface area contributed by atoms with Gasteiger partial charge in [-0.25, -0.2) is 8.42 Å².